The van der Waals surface area contributed by atoms with E-state index in [9.17, 15) is 27.1 Å². The number of aliphatic hydroxyl groups is 1. The van der Waals surface area contributed by atoms with Crippen molar-refractivity contribution in [3.8, 4) is 0 Å². The molecule has 0 heterocycles. The van der Waals surface area contributed by atoms with Crippen LogP contribution in [0.15, 0.2) is 77.0 Å². The van der Waals surface area contributed by atoms with E-state index >= 15 is 0 Å². The van der Waals surface area contributed by atoms with Gasteiger partial charge in [-0.2, -0.15) is 0 Å². The van der Waals surface area contributed by atoms with E-state index in [0.29, 0.717) is 10.0 Å². The maximum absolute atomic E-state index is 14.2. The number of halogens is 5. The number of rotatable bonds is 8. The molecule has 1 atom stereocenters. The van der Waals surface area contributed by atoms with E-state index in [-0.39, 0.29) is 0 Å². The SMILES string of the molecule is CCO/C(=C(/[Se]c1ccccc1)C(O)/C=C/c1ccccc1)C(F)(F)C(F)(F)F. The fourth-order valence-corrected chi connectivity index (χ4v) is 4.45. The first-order valence-electron chi connectivity index (χ1n) is 8.63. The van der Waals surface area contributed by atoms with Gasteiger partial charge in [-0.25, -0.2) is 0 Å². The van der Waals surface area contributed by atoms with Crippen LogP contribution in [0.5, 0.6) is 0 Å². The van der Waals surface area contributed by atoms with Gasteiger partial charge in [-0.3, -0.25) is 0 Å². The molecule has 1 N–H and O–H groups in total. The summed E-state index contributed by atoms with van der Waals surface area (Å²) in [7, 11) is 0. The molecule has 1 unspecified atom stereocenters. The Morgan fingerprint density at radius 2 is 1.55 bits per heavy atom. The van der Waals surface area contributed by atoms with Crippen molar-refractivity contribution < 1.29 is 31.8 Å². The monoisotopic (exact) mass is 478 g/mol. The number of hydrogen-bond acceptors (Lipinski definition) is 2. The first kappa shape index (κ1) is 23.1. The van der Waals surface area contributed by atoms with Crippen LogP contribution >= 0.6 is 0 Å². The molecule has 0 amide bonds. The van der Waals surface area contributed by atoms with Crippen LogP contribution in [0.3, 0.4) is 0 Å². The summed E-state index contributed by atoms with van der Waals surface area (Å²) in [5, 5.41) is 10.5. The molecule has 0 saturated carbocycles. The summed E-state index contributed by atoms with van der Waals surface area (Å²) in [6.45, 7) is 0.913. The van der Waals surface area contributed by atoms with Gasteiger partial charge in [0.15, 0.2) is 0 Å². The Morgan fingerprint density at radius 1 is 1.00 bits per heavy atom. The quantitative estimate of drug-likeness (QED) is 0.344. The number of hydrogen-bond donors (Lipinski definition) is 1. The molecule has 0 radical (unpaired) electrons. The summed E-state index contributed by atoms with van der Waals surface area (Å²) in [5.74, 6) is -6.77. The topological polar surface area (TPSA) is 29.5 Å². The molecule has 0 saturated heterocycles. The van der Waals surface area contributed by atoms with E-state index in [1.165, 1.54) is 19.1 Å². The molecule has 0 spiro atoms. The molecule has 2 rings (SSSR count). The van der Waals surface area contributed by atoms with Gasteiger partial charge < -0.3 is 0 Å². The zero-order chi connectivity index (χ0) is 21.5. The van der Waals surface area contributed by atoms with Gasteiger partial charge >= 0.3 is 172 Å². The molecule has 156 valence electrons. The summed E-state index contributed by atoms with van der Waals surface area (Å²) in [6, 6.07) is 16.8. The van der Waals surface area contributed by atoms with Crippen molar-refractivity contribution in [3.05, 3.63) is 82.5 Å². The van der Waals surface area contributed by atoms with Crippen molar-refractivity contribution in [3.63, 3.8) is 0 Å². The average molecular weight is 477 g/mol. The van der Waals surface area contributed by atoms with E-state index in [4.69, 9.17) is 4.74 Å². The average Bonchev–Trinajstić information content (AvgIpc) is 2.69. The van der Waals surface area contributed by atoms with Gasteiger partial charge in [0, 0.05) is 0 Å². The van der Waals surface area contributed by atoms with Gasteiger partial charge in [0.25, 0.3) is 0 Å². The van der Waals surface area contributed by atoms with E-state index in [1.807, 2.05) is 0 Å². The predicted octanol–water partition coefficient (Wildman–Crippen LogP) is 4.54. The summed E-state index contributed by atoms with van der Waals surface area (Å²) in [4.78, 5) is 0. The molecule has 0 aliphatic heterocycles. The van der Waals surface area contributed by atoms with Crippen LogP contribution in [0.2, 0.25) is 0 Å². The van der Waals surface area contributed by atoms with Gasteiger partial charge in [0.1, 0.15) is 0 Å². The predicted molar refractivity (Wildman–Crippen MR) is 103 cm³/mol. The second-order valence-corrected chi connectivity index (χ2v) is 8.17. The van der Waals surface area contributed by atoms with Crippen LogP contribution in [-0.4, -0.2) is 44.9 Å². The van der Waals surface area contributed by atoms with Gasteiger partial charge in [-0.15, -0.1) is 0 Å². The normalized spacial score (nSPS) is 14.6. The van der Waals surface area contributed by atoms with Crippen LogP contribution in [0.4, 0.5) is 22.0 Å². The van der Waals surface area contributed by atoms with E-state index in [2.05, 4.69) is 0 Å². The van der Waals surface area contributed by atoms with Crippen LogP contribution < -0.4 is 4.46 Å². The van der Waals surface area contributed by atoms with E-state index in [0.717, 1.165) is 0 Å². The standard InChI is InChI=1S/C21H19F5O2Se/c1-2-28-19(20(22,23)21(24,25)26)18(29-16-11-7-4-8-12-16)17(27)14-13-15-9-5-3-6-10-15/h3-14,17,27H,2H2,1H3/b14-13+,19-18+. The summed E-state index contributed by atoms with van der Waals surface area (Å²) in [5.41, 5.74) is 0.665. The van der Waals surface area contributed by atoms with Crippen molar-refractivity contribution in [2.75, 3.05) is 6.61 Å². The minimum atomic E-state index is -5.85. The van der Waals surface area contributed by atoms with Gasteiger partial charge in [-0.1, -0.05) is 0 Å². The Hall–Kier alpha value is -2.15. The number of aliphatic hydroxyl groups excluding tert-OH is 1. The van der Waals surface area contributed by atoms with E-state index in [1.54, 1.807) is 60.7 Å². The first-order chi connectivity index (χ1) is 13.7. The van der Waals surface area contributed by atoms with Crippen LogP contribution in [-0.2, 0) is 4.74 Å². The zero-order valence-corrected chi connectivity index (χ0v) is 17.1. The summed E-state index contributed by atoms with van der Waals surface area (Å²) >= 11 is -1.03. The Balaban J connectivity index is 2.54. The fourth-order valence-electron chi connectivity index (χ4n) is 2.30. The number of allylic oxidation sites excluding steroid dienone is 1. The fraction of sp³-hybridized carbons (Fsp3) is 0.238. The Bertz CT molecular complexity index is 833. The molecule has 8 heteroatoms. The number of ether oxygens (including phenoxy) is 1. The molecule has 0 aliphatic rings. The molecule has 2 aromatic rings. The molecular formula is C21H19F5O2Se. The minimum absolute atomic E-state index is 0.398. The Labute approximate surface area is 171 Å². The van der Waals surface area contributed by atoms with Crippen molar-refractivity contribution in [1.82, 2.24) is 0 Å². The third kappa shape index (κ3) is 6.16. The van der Waals surface area contributed by atoms with Crippen LogP contribution in [0, 0.1) is 0 Å². The van der Waals surface area contributed by atoms with Gasteiger partial charge in [0.2, 0.25) is 0 Å². The van der Waals surface area contributed by atoms with Gasteiger partial charge in [-0.05, 0) is 0 Å². The second-order valence-electron chi connectivity index (χ2n) is 5.83. The summed E-state index contributed by atoms with van der Waals surface area (Å²) in [6.07, 6.45) is -4.88. The molecule has 0 aromatic heterocycles. The first-order valence-corrected chi connectivity index (χ1v) is 10.3. The molecule has 0 fully saturated rings. The molecular weight excluding hydrogens is 458 g/mol. The van der Waals surface area contributed by atoms with Crippen LogP contribution in [0.25, 0.3) is 6.08 Å². The van der Waals surface area contributed by atoms with Gasteiger partial charge in [0.05, 0.1) is 0 Å². The summed E-state index contributed by atoms with van der Waals surface area (Å²) < 4.78 is 72.5. The Kier molecular flexibility index (Phi) is 8.02. The Morgan fingerprint density at radius 3 is 2.07 bits per heavy atom. The second kappa shape index (κ2) is 10.1. The zero-order valence-electron chi connectivity index (χ0n) is 15.4. The third-order valence-electron chi connectivity index (χ3n) is 3.66. The molecule has 0 aliphatic carbocycles. The van der Waals surface area contributed by atoms with E-state index < -0.39 is 50.0 Å². The number of alkyl halides is 5. The van der Waals surface area contributed by atoms with Crippen LogP contribution in [0.1, 0.15) is 12.5 Å². The third-order valence-corrected chi connectivity index (χ3v) is 6.09. The van der Waals surface area contributed by atoms with Crippen molar-refractivity contribution in [2.45, 2.75) is 25.1 Å². The van der Waals surface area contributed by atoms with Crippen molar-refractivity contribution in [1.29, 1.82) is 0 Å². The number of benzene rings is 2. The van der Waals surface area contributed by atoms with Crippen molar-refractivity contribution in [2.24, 2.45) is 0 Å². The molecule has 0 bridgehead atoms. The molecule has 2 aromatic carbocycles. The molecule has 29 heavy (non-hydrogen) atoms. The maximum atomic E-state index is 14.2. The molecule has 2 nitrogen and oxygen atoms in total. The van der Waals surface area contributed by atoms with Crippen molar-refractivity contribution >= 4 is 25.5 Å².